The van der Waals surface area contributed by atoms with E-state index in [9.17, 15) is 17.6 Å². The number of rotatable bonds is 1. The number of aromatic nitrogens is 1. The van der Waals surface area contributed by atoms with Crippen LogP contribution in [0.2, 0.25) is 0 Å². The lowest BCUT2D eigenvalue weighted by Gasteiger charge is -1.99. The van der Waals surface area contributed by atoms with Gasteiger partial charge in [-0.1, -0.05) is 0 Å². The Morgan fingerprint density at radius 2 is 2.06 bits per heavy atom. The summed E-state index contributed by atoms with van der Waals surface area (Å²) >= 11 is 0. The van der Waals surface area contributed by atoms with Crippen LogP contribution in [0.3, 0.4) is 0 Å². The second kappa shape index (κ2) is 3.33. The van der Waals surface area contributed by atoms with Crippen molar-refractivity contribution < 1.29 is 17.2 Å². The maximum absolute atomic E-state index is 13.3. The number of hydrogen-bond donors (Lipinski definition) is 0. The van der Waals surface area contributed by atoms with Crippen LogP contribution in [0.25, 0.3) is 11.1 Å². The van der Waals surface area contributed by atoms with E-state index >= 15 is 0 Å². The minimum Gasteiger partial charge on any atom is -0.404 e. The molecule has 0 atom stereocenters. The highest BCUT2D eigenvalue weighted by atomic mass is 35.7. The van der Waals surface area contributed by atoms with Gasteiger partial charge in [-0.3, -0.25) is 4.57 Å². The van der Waals surface area contributed by atoms with E-state index in [2.05, 4.69) is 4.42 Å². The first-order valence-corrected chi connectivity index (χ1v) is 6.36. The fourth-order valence-corrected chi connectivity index (χ4v) is 2.45. The van der Waals surface area contributed by atoms with E-state index in [0.717, 1.165) is 16.7 Å². The van der Waals surface area contributed by atoms with Gasteiger partial charge in [-0.05, 0) is 12.1 Å². The van der Waals surface area contributed by atoms with Gasteiger partial charge in [-0.15, -0.1) is 0 Å². The Hall–Kier alpha value is -1.34. The van der Waals surface area contributed by atoms with Crippen LogP contribution >= 0.6 is 10.7 Å². The Bertz CT molecular complexity index is 730. The van der Waals surface area contributed by atoms with E-state index in [4.69, 9.17) is 10.7 Å². The molecule has 8 heteroatoms. The van der Waals surface area contributed by atoms with Gasteiger partial charge in [0.05, 0.1) is 0 Å². The summed E-state index contributed by atoms with van der Waals surface area (Å²) < 4.78 is 41.1. The molecule has 0 aliphatic heterocycles. The summed E-state index contributed by atoms with van der Waals surface area (Å²) in [4.78, 5) is 10.8. The third-order valence-electron chi connectivity index (χ3n) is 2.11. The van der Waals surface area contributed by atoms with Crippen LogP contribution < -0.4 is 5.76 Å². The van der Waals surface area contributed by atoms with Crippen LogP contribution in [0, 0.1) is 5.82 Å². The first-order valence-electron chi connectivity index (χ1n) is 4.05. The summed E-state index contributed by atoms with van der Waals surface area (Å²) in [5, 5.41) is 0. The van der Waals surface area contributed by atoms with Crippen molar-refractivity contribution in [3.8, 4) is 0 Å². The van der Waals surface area contributed by atoms with Crippen molar-refractivity contribution in [1.82, 2.24) is 4.57 Å². The van der Waals surface area contributed by atoms with Gasteiger partial charge >= 0.3 is 5.76 Å². The van der Waals surface area contributed by atoms with Gasteiger partial charge in [0.1, 0.15) is 10.4 Å². The molecule has 2 rings (SSSR count). The van der Waals surface area contributed by atoms with E-state index in [1.54, 1.807) is 0 Å². The average Bonchev–Trinajstić information content (AvgIpc) is 2.44. The van der Waals surface area contributed by atoms with Crippen LogP contribution in [0.4, 0.5) is 4.39 Å². The van der Waals surface area contributed by atoms with Gasteiger partial charge in [0.25, 0.3) is 9.05 Å². The Morgan fingerprint density at radius 3 is 2.62 bits per heavy atom. The molecule has 16 heavy (non-hydrogen) atoms. The molecule has 1 aromatic heterocycles. The molecule has 5 nitrogen and oxygen atoms in total. The SMILES string of the molecule is Cn1c(=O)oc2c(F)ccc(S(=O)(=O)Cl)c21. The summed E-state index contributed by atoms with van der Waals surface area (Å²) in [6.45, 7) is 0. The summed E-state index contributed by atoms with van der Waals surface area (Å²) in [7, 11) is 2.36. The molecule has 1 heterocycles. The molecule has 0 aliphatic rings. The zero-order valence-corrected chi connectivity index (χ0v) is 9.47. The highest BCUT2D eigenvalue weighted by molar-refractivity contribution is 8.14. The molecule has 0 bridgehead atoms. The lowest BCUT2D eigenvalue weighted by molar-refractivity contribution is 0.505. The molecular weight excluding hydrogens is 261 g/mol. The van der Waals surface area contributed by atoms with Crippen molar-refractivity contribution in [2.24, 2.45) is 7.05 Å². The fourth-order valence-electron chi connectivity index (χ4n) is 1.39. The van der Waals surface area contributed by atoms with E-state index in [0.29, 0.717) is 0 Å². The van der Waals surface area contributed by atoms with Crippen LogP contribution in [0.5, 0.6) is 0 Å². The second-order valence-electron chi connectivity index (χ2n) is 3.09. The average molecular weight is 266 g/mol. The van der Waals surface area contributed by atoms with Crippen LogP contribution in [0.15, 0.2) is 26.2 Å². The molecule has 86 valence electrons. The van der Waals surface area contributed by atoms with Gasteiger partial charge in [-0.25, -0.2) is 17.6 Å². The van der Waals surface area contributed by atoms with Gasteiger partial charge in [0, 0.05) is 17.7 Å². The van der Waals surface area contributed by atoms with Crippen molar-refractivity contribution >= 4 is 30.8 Å². The summed E-state index contributed by atoms with van der Waals surface area (Å²) in [5.74, 6) is -1.68. The monoisotopic (exact) mass is 265 g/mol. The number of aryl methyl sites for hydroxylation is 1. The van der Waals surface area contributed by atoms with Gasteiger partial charge in [-0.2, -0.15) is 0 Å². The van der Waals surface area contributed by atoms with Crippen LogP contribution in [-0.2, 0) is 16.1 Å². The first-order chi connectivity index (χ1) is 7.32. The third kappa shape index (κ3) is 1.52. The quantitative estimate of drug-likeness (QED) is 0.727. The van der Waals surface area contributed by atoms with E-state index in [-0.39, 0.29) is 10.4 Å². The standard InChI is InChI=1S/C8H5ClFNO4S/c1-11-6-5(16(9,13)14)3-2-4(10)7(6)15-8(11)12/h2-3H,1H3. The van der Waals surface area contributed by atoms with Crippen molar-refractivity contribution in [1.29, 1.82) is 0 Å². The number of benzene rings is 1. The summed E-state index contributed by atoms with van der Waals surface area (Å²) in [6, 6.07) is 1.86. The smallest absolute Gasteiger partial charge is 0.404 e. The Morgan fingerprint density at radius 1 is 1.44 bits per heavy atom. The predicted octanol–water partition coefficient (Wildman–Crippen LogP) is 1.20. The molecule has 0 radical (unpaired) electrons. The minimum absolute atomic E-state index is 0.181. The van der Waals surface area contributed by atoms with Crippen molar-refractivity contribution in [2.75, 3.05) is 0 Å². The van der Waals surface area contributed by atoms with Crippen molar-refractivity contribution in [2.45, 2.75) is 4.90 Å². The van der Waals surface area contributed by atoms with Gasteiger partial charge in [0.2, 0.25) is 0 Å². The maximum Gasteiger partial charge on any atom is 0.419 e. The number of oxazole rings is 1. The maximum atomic E-state index is 13.3. The summed E-state index contributed by atoms with van der Waals surface area (Å²) in [6.07, 6.45) is 0. The summed E-state index contributed by atoms with van der Waals surface area (Å²) in [5.41, 5.74) is -0.603. The highest BCUT2D eigenvalue weighted by Gasteiger charge is 2.22. The molecule has 2 aromatic rings. The molecule has 0 fully saturated rings. The van der Waals surface area contributed by atoms with Crippen LogP contribution in [-0.4, -0.2) is 13.0 Å². The number of halogens is 2. The lowest BCUT2D eigenvalue weighted by atomic mass is 10.3. The molecule has 1 aromatic carbocycles. The Labute approximate surface area is 93.5 Å². The Kier molecular flexibility index (Phi) is 2.32. The topological polar surface area (TPSA) is 69.3 Å². The zero-order chi connectivity index (χ0) is 12.1. The van der Waals surface area contributed by atoms with Crippen molar-refractivity contribution in [3.63, 3.8) is 0 Å². The van der Waals surface area contributed by atoms with E-state index in [1.165, 1.54) is 7.05 Å². The van der Waals surface area contributed by atoms with Crippen molar-refractivity contribution in [3.05, 3.63) is 28.5 Å². The molecule has 0 N–H and O–H groups in total. The first kappa shape index (κ1) is 11.2. The zero-order valence-electron chi connectivity index (χ0n) is 7.90. The minimum atomic E-state index is -4.07. The lowest BCUT2D eigenvalue weighted by Crippen LogP contribution is -2.09. The molecule has 0 aliphatic carbocycles. The van der Waals surface area contributed by atoms with Crippen LogP contribution in [0.1, 0.15) is 0 Å². The predicted molar refractivity (Wildman–Crippen MR) is 54.5 cm³/mol. The normalized spacial score (nSPS) is 12.2. The fraction of sp³-hybridized carbons (Fsp3) is 0.125. The van der Waals surface area contributed by atoms with E-state index in [1.807, 2.05) is 0 Å². The molecule has 0 spiro atoms. The second-order valence-corrected chi connectivity index (χ2v) is 5.62. The van der Waals surface area contributed by atoms with E-state index < -0.39 is 26.2 Å². The molecule has 0 unspecified atom stereocenters. The molecule has 0 amide bonds. The third-order valence-corrected chi connectivity index (χ3v) is 3.46. The number of fused-ring (bicyclic) bond motifs is 1. The number of nitrogens with zero attached hydrogens (tertiary/aromatic N) is 1. The van der Waals surface area contributed by atoms with Gasteiger partial charge in [0.15, 0.2) is 11.4 Å². The molecule has 0 saturated carbocycles. The molecule has 0 saturated heterocycles. The van der Waals surface area contributed by atoms with Gasteiger partial charge < -0.3 is 4.42 Å². The number of hydrogen-bond acceptors (Lipinski definition) is 4. The molecular formula is C8H5ClFNO4S. The largest absolute Gasteiger partial charge is 0.419 e. The Balaban J connectivity index is 3.10. The highest BCUT2D eigenvalue weighted by Crippen LogP contribution is 2.26.